The number of aryl methyl sites for hydroxylation is 1. The van der Waals surface area contributed by atoms with E-state index in [4.69, 9.17) is 0 Å². The molecule has 1 fully saturated rings. The molecule has 3 nitrogen and oxygen atoms in total. The van der Waals surface area contributed by atoms with E-state index in [-0.39, 0.29) is 6.04 Å². The van der Waals surface area contributed by atoms with Gasteiger partial charge in [-0.2, -0.15) is 4.31 Å². The molecule has 0 bridgehead atoms. The number of sulfonamides is 1. The van der Waals surface area contributed by atoms with Crippen LogP contribution < -0.4 is 0 Å². The number of benzene rings is 1. The van der Waals surface area contributed by atoms with Crippen molar-refractivity contribution in [2.75, 3.05) is 6.54 Å². The molecule has 3 rings (SSSR count). The Hall–Kier alpha value is -1.17. The molecule has 5 heteroatoms. The molecule has 2 heterocycles. The molecule has 1 aromatic carbocycles. The molecule has 0 aliphatic carbocycles. The second-order valence-electron chi connectivity index (χ2n) is 5.29. The van der Waals surface area contributed by atoms with Gasteiger partial charge in [-0.15, -0.1) is 11.3 Å². The molecule has 1 aromatic heterocycles. The Morgan fingerprint density at radius 3 is 2.62 bits per heavy atom. The Balaban J connectivity index is 1.93. The van der Waals surface area contributed by atoms with Gasteiger partial charge in [0.2, 0.25) is 10.0 Å². The lowest BCUT2D eigenvalue weighted by atomic mass is 10.2. The van der Waals surface area contributed by atoms with Crippen molar-refractivity contribution in [3.63, 3.8) is 0 Å². The van der Waals surface area contributed by atoms with Crippen molar-refractivity contribution in [2.45, 2.75) is 37.1 Å². The second kappa shape index (κ2) is 5.91. The Labute approximate surface area is 130 Å². The summed E-state index contributed by atoms with van der Waals surface area (Å²) in [5, 5.41) is 2.01. The van der Waals surface area contributed by atoms with Gasteiger partial charge in [-0.25, -0.2) is 8.42 Å². The van der Waals surface area contributed by atoms with Crippen LogP contribution in [0, 0.1) is 0 Å². The summed E-state index contributed by atoms with van der Waals surface area (Å²) in [6.45, 7) is 2.68. The van der Waals surface area contributed by atoms with E-state index in [0.717, 1.165) is 29.7 Å². The molecule has 0 spiro atoms. The van der Waals surface area contributed by atoms with Crippen molar-refractivity contribution in [3.05, 3.63) is 52.2 Å². The van der Waals surface area contributed by atoms with Gasteiger partial charge >= 0.3 is 0 Å². The number of thiophene rings is 1. The first-order chi connectivity index (χ1) is 10.1. The van der Waals surface area contributed by atoms with E-state index in [9.17, 15) is 8.42 Å². The lowest BCUT2D eigenvalue weighted by Crippen LogP contribution is -2.30. The normalized spacial score (nSPS) is 20.0. The Morgan fingerprint density at radius 2 is 2.00 bits per heavy atom. The van der Waals surface area contributed by atoms with E-state index in [1.165, 1.54) is 0 Å². The summed E-state index contributed by atoms with van der Waals surface area (Å²) in [6.07, 6.45) is 2.75. The maximum atomic E-state index is 12.9. The highest BCUT2D eigenvalue weighted by Crippen LogP contribution is 2.38. The summed E-state index contributed by atoms with van der Waals surface area (Å²) in [6, 6.07) is 11.3. The average Bonchev–Trinajstić information content (AvgIpc) is 3.17. The lowest BCUT2D eigenvalue weighted by Gasteiger charge is -2.23. The molecule has 1 saturated heterocycles. The number of hydrogen-bond donors (Lipinski definition) is 0. The van der Waals surface area contributed by atoms with Gasteiger partial charge < -0.3 is 0 Å². The van der Waals surface area contributed by atoms with E-state index < -0.39 is 10.0 Å². The minimum atomic E-state index is -3.40. The molecule has 0 N–H and O–H groups in total. The molecule has 21 heavy (non-hydrogen) atoms. The third-order valence-electron chi connectivity index (χ3n) is 4.01. The molecule has 0 radical (unpaired) electrons. The molecule has 1 unspecified atom stereocenters. The van der Waals surface area contributed by atoms with Crippen molar-refractivity contribution < 1.29 is 8.42 Å². The van der Waals surface area contributed by atoms with Gasteiger partial charge in [-0.1, -0.05) is 25.1 Å². The zero-order chi connectivity index (χ0) is 14.9. The molecule has 1 atom stereocenters. The van der Waals surface area contributed by atoms with E-state index in [1.54, 1.807) is 27.8 Å². The van der Waals surface area contributed by atoms with Crippen LogP contribution in [0.1, 0.15) is 36.2 Å². The summed E-state index contributed by atoms with van der Waals surface area (Å²) in [5.74, 6) is 0. The topological polar surface area (TPSA) is 37.4 Å². The minimum Gasteiger partial charge on any atom is -0.207 e. The number of hydrogen-bond acceptors (Lipinski definition) is 3. The van der Waals surface area contributed by atoms with Gasteiger partial charge in [0.25, 0.3) is 0 Å². The summed E-state index contributed by atoms with van der Waals surface area (Å²) in [7, 11) is -3.40. The molecule has 1 aliphatic heterocycles. The molecule has 2 aromatic rings. The van der Waals surface area contributed by atoms with Crippen LogP contribution in [0.15, 0.2) is 46.7 Å². The maximum Gasteiger partial charge on any atom is 0.243 e. The van der Waals surface area contributed by atoms with E-state index in [2.05, 4.69) is 6.92 Å². The largest absolute Gasteiger partial charge is 0.243 e. The first-order valence-corrected chi connectivity index (χ1v) is 9.59. The number of rotatable bonds is 4. The Morgan fingerprint density at radius 1 is 1.24 bits per heavy atom. The quantitative estimate of drug-likeness (QED) is 0.858. The zero-order valence-electron chi connectivity index (χ0n) is 12.0. The fourth-order valence-corrected chi connectivity index (χ4v) is 5.44. The molecule has 1 aliphatic rings. The fourth-order valence-electron chi connectivity index (χ4n) is 2.83. The predicted octanol–water partition coefficient (Wildman–Crippen LogP) is 3.84. The second-order valence-corrected chi connectivity index (χ2v) is 8.16. The third kappa shape index (κ3) is 2.78. The monoisotopic (exact) mass is 321 g/mol. The van der Waals surface area contributed by atoms with Crippen LogP contribution in [0.25, 0.3) is 0 Å². The summed E-state index contributed by atoms with van der Waals surface area (Å²) < 4.78 is 27.4. The van der Waals surface area contributed by atoms with Crippen LogP contribution in [0.2, 0.25) is 0 Å². The molecule has 0 amide bonds. The van der Waals surface area contributed by atoms with Crippen molar-refractivity contribution >= 4 is 21.4 Å². The molecular formula is C16H19NO2S2. The van der Waals surface area contributed by atoms with Gasteiger partial charge in [0.1, 0.15) is 0 Å². The summed E-state index contributed by atoms with van der Waals surface area (Å²) >= 11 is 1.64. The van der Waals surface area contributed by atoms with Crippen LogP contribution in [-0.2, 0) is 16.4 Å². The fraction of sp³-hybridized carbons (Fsp3) is 0.375. The first-order valence-electron chi connectivity index (χ1n) is 7.27. The molecular weight excluding hydrogens is 302 g/mol. The van der Waals surface area contributed by atoms with Gasteiger partial charge in [0, 0.05) is 11.4 Å². The summed E-state index contributed by atoms with van der Waals surface area (Å²) in [4.78, 5) is 1.55. The average molecular weight is 321 g/mol. The van der Waals surface area contributed by atoms with E-state index >= 15 is 0 Å². The first kappa shape index (κ1) is 14.8. The Bertz CT molecular complexity index is 690. The van der Waals surface area contributed by atoms with Crippen molar-refractivity contribution in [3.8, 4) is 0 Å². The number of nitrogens with zero attached hydrogens (tertiary/aromatic N) is 1. The zero-order valence-corrected chi connectivity index (χ0v) is 13.7. The highest BCUT2D eigenvalue weighted by molar-refractivity contribution is 7.89. The predicted molar refractivity (Wildman–Crippen MR) is 86.0 cm³/mol. The smallest absolute Gasteiger partial charge is 0.207 e. The minimum absolute atomic E-state index is 0.000789. The van der Waals surface area contributed by atoms with Gasteiger partial charge in [0.05, 0.1) is 10.9 Å². The van der Waals surface area contributed by atoms with E-state index in [0.29, 0.717) is 11.4 Å². The van der Waals surface area contributed by atoms with Gasteiger partial charge in [0.15, 0.2) is 0 Å². The SMILES string of the molecule is CCc1ccc(S(=O)(=O)N2CCCC2c2cccs2)cc1. The van der Waals surface area contributed by atoms with Crippen molar-refractivity contribution in [1.29, 1.82) is 0 Å². The standard InChI is InChI=1S/C16H19NO2S2/c1-2-13-7-9-14(10-8-13)21(18,19)17-11-3-5-15(17)16-6-4-12-20-16/h4,6-10,12,15H,2-3,5,11H2,1H3. The van der Waals surface area contributed by atoms with Gasteiger partial charge in [-0.05, 0) is 48.4 Å². The van der Waals surface area contributed by atoms with Crippen LogP contribution in [0.3, 0.4) is 0 Å². The molecule has 112 valence electrons. The van der Waals surface area contributed by atoms with Crippen LogP contribution in [-0.4, -0.2) is 19.3 Å². The van der Waals surface area contributed by atoms with Crippen molar-refractivity contribution in [1.82, 2.24) is 4.31 Å². The van der Waals surface area contributed by atoms with Crippen LogP contribution in [0.5, 0.6) is 0 Å². The summed E-state index contributed by atoms with van der Waals surface area (Å²) in [5.41, 5.74) is 1.16. The van der Waals surface area contributed by atoms with Gasteiger partial charge in [-0.3, -0.25) is 0 Å². The lowest BCUT2D eigenvalue weighted by molar-refractivity contribution is 0.401. The van der Waals surface area contributed by atoms with Crippen LogP contribution >= 0.6 is 11.3 Å². The highest BCUT2D eigenvalue weighted by Gasteiger charge is 2.36. The van der Waals surface area contributed by atoms with E-state index in [1.807, 2.05) is 29.6 Å². The highest BCUT2D eigenvalue weighted by atomic mass is 32.2. The third-order valence-corrected chi connectivity index (χ3v) is 6.91. The molecule has 0 saturated carbocycles. The maximum absolute atomic E-state index is 12.9. The van der Waals surface area contributed by atoms with Crippen LogP contribution in [0.4, 0.5) is 0 Å². The Kier molecular flexibility index (Phi) is 4.15. The van der Waals surface area contributed by atoms with Crippen molar-refractivity contribution in [2.24, 2.45) is 0 Å².